The summed E-state index contributed by atoms with van der Waals surface area (Å²) in [4.78, 5) is 11.9. The third-order valence-corrected chi connectivity index (χ3v) is 3.30. The van der Waals surface area contributed by atoms with Gasteiger partial charge in [0.25, 0.3) is 0 Å². The van der Waals surface area contributed by atoms with E-state index >= 15 is 0 Å². The minimum Gasteiger partial charge on any atom is -0.361 e. The quantitative estimate of drug-likeness (QED) is 0.915. The largest absolute Gasteiger partial charge is 0.361 e. The molecule has 5 heteroatoms. The molecule has 0 aliphatic heterocycles. The molecule has 5 nitrogen and oxygen atoms in total. The molecule has 0 atom stereocenters. The lowest BCUT2D eigenvalue weighted by Gasteiger charge is -2.05. The lowest BCUT2D eigenvalue weighted by Crippen LogP contribution is -2.12. The molecule has 0 radical (unpaired) electrons. The number of aromatic nitrogens is 1. The first kappa shape index (κ1) is 14.8. The van der Waals surface area contributed by atoms with Crippen molar-refractivity contribution in [3.8, 4) is 6.07 Å². The average molecular weight is 283 g/mol. The normalized spacial score (nSPS) is 10.1. The van der Waals surface area contributed by atoms with Crippen LogP contribution in [-0.2, 0) is 17.6 Å². The fraction of sp³-hybridized carbons (Fsp3) is 0.312. The van der Waals surface area contributed by atoms with Gasteiger partial charge < -0.3 is 9.84 Å². The number of carbonyl (C=O) groups excluding carboxylic acids is 1. The van der Waals surface area contributed by atoms with E-state index in [1.165, 1.54) is 0 Å². The number of benzene rings is 1. The van der Waals surface area contributed by atoms with E-state index in [1.807, 2.05) is 26.0 Å². The summed E-state index contributed by atoms with van der Waals surface area (Å²) in [6.45, 7) is 3.72. The van der Waals surface area contributed by atoms with Gasteiger partial charge in [0.1, 0.15) is 5.76 Å². The summed E-state index contributed by atoms with van der Waals surface area (Å²) in [7, 11) is 0. The zero-order valence-corrected chi connectivity index (χ0v) is 12.1. The highest BCUT2D eigenvalue weighted by Crippen LogP contribution is 2.15. The van der Waals surface area contributed by atoms with Crippen LogP contribution in [0.2, 0.25) is 0 Å². The van der Waals surface area contributed by atoms with Crippen LogP contribution >= 0.6 is 0 Å². The fourth-order valence-electron chi connectivity index (χ4n) is 2.12. The molecule has 2 rings (SSSR count). The number of hydrogen-bond acceptors (Lipinski definition) is 4. The maximum absolute atomic E-state index is 11.9. The van der Waals surface area contributed by atoms with Gasteiger partial charge in [0.2, 0.25) is 5.91 Å². The lowest BCUT2D eigenvalue weighted by atomic mass is 10.1. The van der Waals surface area contributed by atoms with E-state index in [-0.39, 0.29) is 5.91 Å². The third kappa shape index (κ3) is 3.93. The Labute approximate surface area is 123 Å². The SMILES string of the molecule is Cc1noc(C)c1CCC(=O)Nc1ccc(CC#N)cc1. The highest BCUT2D eigenvalue weighted by molar-refractivity contribution is 5.90. The lowest BCUT2D eigenvalue weighted by molar-refractivity contribution is -0.116. The van der Waals surface area contributed by atoms with Gasteiger partial charge >= 0.3 is 0 Å². The summed E-state index contributed by atoms with van der Waals surface area (Å²) in [6, 6.07) is 9.38. The Bertz CT molecular complexity index is 646. The van der Waals surface area contributed by atoms with Gasteiger partial charge in [-0.25, -0.2) is 0 Å². The van der Waals surface area contributed by atoms with E-state index < -0.39 is 0 Å². The van der Waals surface area contributed by atoms with E-state index in [4.69, 9.17) is 9.78 Å². The number of rotatable bonds is 5. The number of aryl methyl sites for hydroxylation is 2. The molecule has 1 heterocycles. The second-order valence-corrected chi connectivity index (χ2v) is 4.88. The molecule has 0 bridgehead atoms. The summed E-state index contributed by atoms with van der Waals surface area (Å²) >= 11 is 0. The molecule has 0 aliphatic rings. The highest BCUT2D eigenvalue weighted by atomic mass is 16.5. The maximum atomic E-state index is 11.9. The van der Waals surface area contributed by atoms with Crippen molar-refractivity contribution in [2.45, 2.75) is 33.1 Å². The molecule has 1 aromatic carbocycles. The molecule has 1 aromatic heterocycles. The number of hydrogen-bond donors (Lipinski definition) is 1. The zero-order valence-electron chi connectivity index (χ0n) is 12.1. The Morgan fingerprint density at radius 2 is 2.05 bits per heavy atom. The van der Waals surface area contributed by atoms with Crippen molar-refractivity contribution >= 4 is 11.6 Å². The van der Waals surface area contributed by atoms with Crippen molar-refractivity contribution in [3.63, 3.8) is 0 Å². The Morgan fingerprint density at radius 1 is 1.33 bits per heavy atom. The molecule has 21 heavy (non-hydrogen) atoms. The van der Waals surface area contributed by atoms with Crippen LogP contribution in [0.5, 0.6) is 0 Å². The van der Waals surface area contributed by atoms with E-state index in [2.05, 4.69) is 16.5 Å². The molecule has 2 aromatic rings. The van der Waals surface area contributed by atoms with Gasteiger partial charge in [0.15, 0.2) is 0 Å². The molecule has 1 N–H and O–H groups in total. The Balaban J connectivity index is 1.89. The number of carbonyl (C=O) groups is 1. The Kier molecular flexibility index (Phi) is 4.72. The summed E-state index contributed by atoms with van der Waals surface area (Å²) < 4.78 is 5.07. The van der Waals surface area contributed by atoms with Crippen LogP contribution in [0, 0.1) is 25.2 Å². The van der Waals surface area contributed by atoms with Crippen LogP contribution in [0.1, 0.15) is 29.0 Å². The molecular weight excluding hydrogens is 266 g/mol. The van der Waals surface area contributed by atoms with Crippen LogP contribution in [0.25, 0.3) is 0 Å². The number of nitriles is 1. The van der Waals surface area contributed by atoms with Gasteiger partial charge in [-0.2, -0.15) is 5.26 Å². The summed E-state index contributed by atoms with van der Waals surface area (Å²) in [5, 5.41) is 15.3. The van der Waals surface area contributed by atoms with E-state index in [1.54, 1.807) is 12.1 Å². The van der Waals surface area contributed by atoms with E-state index in [0.717, 1.165) is 28.3 Å². The summed E-state index contributed by atoms with van der Waals surface area (Å²) in [6.07, 6.45) is 1.36. The minimum absolute atomic E-state index is 0.0527. The molecule has 0 saturated carbocycles. The first-order valence-electron chi connectivity index (χ1n) is 6.77. The highest BCUT2D eigenvalue weighted by Gasteiger charge is 2.11. The average Bonchev–Trinajstić information content (AvgIpc) is 2.78. The van der Waals surface area contributed by atoms with Crippen molar-refractivity contribution in [1.29, 1.82) is 5.26 Å². The van der Waals surface area contributed by atoms with Crippen LogP contribution in [0.4, 0.5) is 5.69 Å². The van der Waals surface area contributed by atoms with Crippen molar-refractivity contribution in [1.82, 2.24) is 5.16 Å². The molecular formula is C16H17N3O2. The molecule has 0 spiro atoms. The predicted molar refractivity (Wildman–Crippen MR) is 78.7 cm³/mol. The third-order valence-electron chi connectivity index (χ3n) is 3.30. The van der Waals surface area contributed by atoms with Crippen molar-refractivity contribution in [2.24, 2.45) is 0 Å². The molecule has 0 saturated heterocycles. The number of nitrogens with zero attached hydrogens (tertiary/aromatic N) is 2. The molecule has 108 valence electrons. The van der Waals surface area contributed by atoms with Gasteiger partial charge in [-0.05, 0) is 38.0 Å². The topological polar surface area (TPSA) is 78.9 Å². The van der Waals surface area contributed by atoms with Crippen LogP contribution < -0.4 is 5.32 Å². The zero-order chi connectivity index (χ0) is 15.2. The van der Waals surface area contributed by atoms with Crippen LogP contribution in [0.3, 0.4) is 0 Å². The fourth-order valence-corrected chi connectivity index (χ4v) is 2.12. The van der Waals surface area contributed by atoms with E-state index in [9.17, 15) is 4.79 Å². The number of anilines is 1. The molecule has 1 amide bonds. The van der Waals surface area contributed by atoms with E-state index in [0.29, 0.717) is 19.3 Å². The predicted octanol–water partition coefficient (Wildman–Crippen LogP) is 2.93. The Hall–Kier alpha value is -2.61. The number of nitrogens with one attached hydrogen (secondary N) is 1. The van der Waals surface area contributed by atoms with Crippen LogP contribution in [0.15, 0.2) is 28.8 Å². The molecule has 0 fully saturated rings. The van der Waals surface area contributed by atoms with Gasteiger partial charge in [-0.1, -0.05) is 17.3 Å². The van der Waals surface area contributed by atoms with Crippen molar-refractivity contribution in [3.05, 3.63) is 46.8 Å². The smallest absolute Gasteiger partial charge is 0.224 e. The number of amides is 1. The summed E-state index contributed by atoms with van der Waals surface area (Å²) in [5.41, 5.74) is 3.50. The molecule has 0 aliphatic carbocycles. The van der Waals surface area contributed by atoms with Gasteiger partial charge in [0, 0.05) is 17.7 Å². The van der Waals surface area contributed by atoms with Gasteiger partial charge in [-0.3, -0.25) is 4.79 Å². The summed E-state index contributed by atoms with van der Waals surface area (Å²) in [5.74, 6) is 0.712. The minimum atomic E-state index is -0.0527. The first-order valence-corrected chi connectivity index (χ1v) is 6.77. The standard InChI is InChI=1S/C16H17N3O2/c1-11-15(12(2)21-19-11)7-8-16(20)18-14-5-3-13(4-6-14)9-10-17/h3-6H,7-9H2,1-2H3,(H,18,20). The second kappa shape index (κ2) is 6.71. The first-order chi connectivity index (χ1) is 10.1. The molecule has 0 unspecified atom stereocenters. The van der Waals surface area contributed by atoms with Gasteiger partial charge in [0.05, 0.1) is 18.2 Å². The maximum Gasteiger partial charge on any atom is 0.224 e. The monoisotopic (exact) mass is 283 g/mol. The van der Waals surface area contributed by atoms with Crippen molar-refractivity contribution < 1.29 is 9.32 Å². The Morgan fingerprint density at radius 3 is 2.62 bits per heavy atom. The van der Waals surface area contributed by atoms with Gasteiger partial charge in [-0.15, -0.1) is 0 Å². The second-order valence-electron chi connectivity index (χ2n) is 4.88. The van der Waals surface area contributed by atoms with Crippen molar-refractivity contribution in [2.75, 3.05) is 5.32 Å². The van der Waals surface area contributed by atoms with Crippen LogP contribution in [-0.4, -0.2) is 11.1 Å².